The fourth-order valence-electron chi connectivity index (χ4n) is 2.68. The molecule has 0 aromatic heterocycles. The summed E-state index contributed by atoms with van der Waals surface area (Å²) in [4.78, 5) is 36.7. The van der Waals surface area contributed by atoms with Crippen molar-refractivity contribution in [3.8, 4) is 0 Å². The molecule has 2 aromatic rings. The molecule has 0 aliphatic rings. The van der Waals surface area contributed by atoms with Gasteiger partial charge < -0.3 is 15.7 Å². The summed E-state index contributed by atoms with van der Waals surface area (Å²) in [7, 11) is 0. The number of nitrogens with one attached hydrogen (secondary N) is 2. The molecule has 0 bridgehead atoms. The molecular formula is C22H25ClN2O4S. The van der Waals surface area contributed by atoms with Gasteiger partial charge in [-0.1, -0.05) is 37.9 Å². The van der Waals surface area contributed by atoms with E-state index in [0.29, 0.717) is 24.2 Å². The minimum absolute atomic E-state index is 0.0271. The van der Waals surface area contributed by atoms with Crippen molar-refractivity contribution in [2.45, 2.75) is 49.7 Å². The van der Waals surface area contributed by atoms with Gasteiger partial charge in [-0.15, -0.1) is 11.8 Å². The quantitative estimate of drug-likeness (QED) is 0.406. The van der Waals surface area contributed by atoms with E-state index < -0.39 is 5.97 Å². The highest BCUT2D eigenvalue weighted by atomic mass is 35.5. The number of carbonyl (C=O) groups is 3. The Kier molecular flexibility index (Phi) is 9.20. The van der Waals surface area contributed by atoms with Gasteiger partial charge in [-0.3, -0.25) is 9.59 Å². The topological polar surface area (TPSA) is 95.5 Å². The summed E-state index contributed by atoms with van der Waals surface area (Å²) in [6, 6.07) is 11.7. The number of benzene rings is 2. The standard InChI is InChI=1S/C22H25ClN2O4S/c1-3-5-9-20(26)24-14-7-6-8-16(12-14)30-19(4-2)21(27)25-15-10-11-18(23)17(13-15)22(28)29/h6-8,10-13,19H,3-5,9H2,1-2H3,(H,24,26)(H,25,27)(H,28,29). The molecule has 1 unspecified atom stereocenters. The first kappa shape index (κ1) is 23.8. The van der Waals surface area contributed by atoms with Crippen LogP contribution in [0, 0.1) is 0 Å². The maximum Gasteiger partial charge on any atom is 0.337 e. The number of hydrogen-bond acceptors (Lipinski definition) is 4. The van der Waals surface area contributed by atoms with E-state index in [1.807, 2.05) is 38.1 Å². The van der Waals surface area contributed by atoms with E-state index in [2.05, 4.69) is 10.6 Å². The van der Waals surface area contributed by atoms with Crippen LogP contribution in [0.5, 0.6) is 0 Å². The van der Waals surface area contributed by atoms with E-state index in [1.165, 1.54) is 23.9 Å². The fourth-order valence-corrected chi connectivity index (χ4v) is 3.90. The molecule has 2 aromatic carbocycles. The van der Waals surface area contributed by atoms with Gasteiger partial charge in [-0.05, 0) is 49.2 Å². The second kappa shape index (κ2) is 11.6. The predicted octanol–water partition coefficient (Wildman–Crippen LogP) is 5.68. The lowest BCUT2D eigenvalue weighted by molar-refractivity contribution is -0.116. The van der Waals surface area contributed by atoms with Gasteiger partial charge in [0, 0.05) is 22.7 Å². The number of aromatic carboxylic acids is 1. The van der Waals surface area contributed by atoms with Crippen LogP contribution in [-0.4, -0.2) is 28.1 Å². The number of halogens is 1. The van der Waals surface area contributed by atoms with Crippen LogP contribution in [0.15, 0.2) is 47.4 Å². The molecule has 0 saturated heterocycles. The number of amides is 2. The van der Waals surface area contributed by atoms with Crippen LogP contribution < -0.4 is 10.6 Å². The van der Waals surface area contributed by atoms with Gasteiger partial charge in [-0.2, -0.15) is 0 Å². The second-order valence-electron chi connectivity index (χ2n) is 6.68. The van der Waals surface area contributed by atoms with E-state index in [4.69, 9.17) is 11.6 Å². The van der Waals surface area contributed by atoms with Crippen molar-refractivity contribution in [2.75, 3.05) is 10.6 Å². The van der Waals surface area contributed by atoms with E-state index in [-0.39, 0.29) is 27.7 Å². The molecule has 0 spiro atoms. The molecule has 2 rings (SSSR count). The molecule has 1 atom stereocenters. The molecular weight excluding hydrogens is 424 g/mol. The first-order valence-corrected chi connectivity index (χ1v) is 11.0. The molecule has 0 fully saturated rings. The lowest BCUT2D eigenvalue weighted by atomic mass is 10.2. The van der Waals surface area contributed by atoms with Crippen LogP contribution in [-0.2, 0) is 9.59 Å². The van der Waals surface area contributed by atoms with Gasteiger partial charge in [-0.25, -0.2) is 4.79 Å². The first-order valence-electron chi connectivity index (χ1n) is 9.74. The first-order chi connectivity index (χ1) is 14.3. The average molecular weight is 449 g/mol. The number of hydrogen-bond donors (Lipinski definition) is 3. The summed E-state index contributed by atoms with van der Waals surface area (Å²) >= 11 is 7.26. The van der Waals surface area contributed by atoms with Gasteiger partial charge >= 0.3 is 5.97 Å². The number of carboxylic acids is 1. The minimum Gasteiger partial charge on any atom is -0.478 e. The normalized spacial score (nSPS) is 11.6. The highest BCUT2D eigenvalue weighted by molar-refractivity contribution is 8.00. The van der Waals surface area contributed by atoms with Crippen LogP contribution in [0.4, 0.5) is 11.4 Å². The minimum atomic E-state index is -1.16. The molecule has 0 radical (unpaired) electrons. The Morgan fingerprint density at radius 3 is 2.47 bits per heavy atom. The molecule has 0 aliphatic carbocycles. The fraction of sp³-hybridized carbons (Fsp3) is 0.318. The number of carboxylic acid groups (broad SMARTS) is 1. The Balaban J connectivity index is 2.05. The summed E-state index contributed by atoms with van der Waals surface area (Å²) in [6.07, 6.45) is 2.85. The van der Waals surface area contributed by atoms with Crippen molar-refractivity contribution >= 4 is 52.5 Å². The van der Waals surface area contributed by atoms with Gasteiger partial charge in [0.25, 0.3) is 0 Å². The molecule has 2 amide bonds. The second-order valence-corrected chi connectivity index (χ2v) is 8.37. The highest BCUT2D eigenvalue weighted by Gasteiger charge is 2.19. The number of thioether (sulfide) groups is 1. The number of carbonyl (C=O) groups excluding carboxylic acids is 2. The summed E-state index contributed by atoms with van der Waals surface area (Å²) < 4.78 is 0. The van der Waals surface area contributed by atoms with Gasteiger partial charge in [0.2, 0.25) is 11.8 Å². The largest absolute Gasteiger partial charge is 0.478 e. The molecule has 6 nitrogen and oxygen atoms in total. The lowest BCUT2D eigenvalue weighted by Crippen LogP contribution is -2.24. The van der Waals surface area contributed by atoms with Gasteiger partial charge in [0.15, 0.2) is 0 Å². The highest BCUT2D eigenvalue weighted by Crippen LogP contribution is 2.29. The summed E-state index contributed by atoms with van der Waals surface area (Å²) in [5.41, 5.74) is 1.000. The molecule has 3 N–H and O–H groups in total. The Bertz CT molecular complexity index is 920. The third-order valence-electron chi connectivity index (χ3n) is 4.28. The van der Waals surface area contributed by atoms with Crippen molar-refractivity contribution < 1.29 is 19.5 Å². The van der Waals surface area contributed by atoms with E-state index in [0.717, 1.165) is 17.7 Å². The molecule has 0 heterocycles. The smallest absolute Gasteiger partial charge is 0.337 e. The zero-order valence-corrected chi connectivity index (χ0v) is 18.5. The zero-order valence-electron chi connectivity index (χ0n) is 16.9. The average Bonchev–Trinajstić information content (AvgIpc) is 2.71. The molecule has 160 valence electrons. The van der Waals surface area contributed by atoms with Crippen LogP contribution in [0.25, 0.3) is 0 Å². The molecule has 30 heavy (non-hydrogen) atoms. The number of unbranched alkanes of at least 4 members (excludes halogenated alkanes) is 1. The van der Waals surface area contributed by atoms with Crippen molar-refractivity contribution in [1.82, 2.24) is 0 Å². The van der Waals surface area contributed by atoms with Crippen molar-refractivity contribution in [3.63, 3.8) is 0 Å². The maximum atomic E-state index is 12.7. The van der Waals surface area contributed by atoms with Crippen LogP contribution in [0.3, 0.4) is 0 Å². The summed E-state index contributed by atoms with van der Waals surface area (Å²) in [6.45, 7) is 3.94. The van der Waals surface area contributed by atoms with E-state index >= 15 is 0 Å². The van der Waals surface area contributed by atoms with E-state index in [9.17, 15) is 19.5 Å². The van der Waals surface area contributed by atoms with E-state index in [1.54, 1.807) is 6.07 Å². The summed E-state index contributed by atoms with van der Waals surface area (Å²) in [5.74, 6) is -1.42. The summed E-state index contributed by atoms with van der Waals surface area (Å²) in [5, 5.41) is 14.5. The van der Waals surface area contributed by atoms with Crippen LogP contribution >= 0.6 is 23.4 Å². The predicted molar refractivity (Wildman–Crippen MR) is 122 cm³/mol. The van der Waals surface area contributed by atoms with Crippen molar-refractivity contribution in [3.05, 3.63) is 53.1 Å². The maximum absolute atomic E-state index is 12.7. The Morgan fingerprint density at radius 2 is 1.80 bits per heavy atom. The van der Waals surface area contributed by atoms with Crippen LogP contribution in [0.2, 0.25) is 5.02 Å². The Morgan fingerprint density at radius 1 is 1.07 bits per heavy atom. The third-order valence-corrected chi connectivity index (χ3v) is 5.97. The molecule has 0 saturated carbocycles. The lowest BCUT2D eigenvalue weighted by Gasteiger charge is -2.16. The van der Waals surface area contributed by atoms with Crippen LogP contribution in [0.1, 0.15) is 49.9 Å². The number of anilines is 2. The Hall–Kier alpha value is -2.51. The molecule has 0 aliphatic heterocycles. The van der Waals surface area contributed by atoms with Crippen molar-refractivity contribution in [2.24, 2.45) is 0 Å². The molecule has 8 heteroatoms. The van der Waals surface area contributed by atoms with Crippen molar-refractivity contribution in [1.29, 1.82) is 0 Å². The monoisotopic (exact) mass is 448 g/mol. The number of rotatable bonds is 10. The SMILES string of the molecule is CCCCC(=O)Nc1cccc(SC(CC)C(=O)Nc2ccc(Cl)c(C(=O)O)c2)c1. The third kappa shape index (κ3) is 7.07. The Labute approximate surface area is 185 Å². The van der Waals surface area contributed by atoms with Gasteiger partial charge in [0.1, 0.15) is 0 Å². The zero-order chi connectivity index (χ0) is 22.1. The van der Waals surface area contributed by atoms with Gasteiger partial charge in [0.05, 0.1) is 15.8 Å².